The molecule has 0 aliphatic heterocycles. The maximum absolute atomic E-state index is 11.0. The minimum Gasteiger partial charge on any atom is -0.480 e. The van der Waals surface area contributed by atoms with Crippen LogP contribution in [0.4, 0.5) is 0 Å². The number of carboxylic acids is 1. The highest BCUT2D eigenvalue weighted by Gasteiger charge is 2.30. The van der Waals surface area contributed by atoms with E-state index in [9.17, 15) is 4.79 Å². The van der Waals surface area contributed by atoms with E-state index in [1.807, 2.05) is 7.05 Å². The Balaban J connectivity index is 1.72. The fourth-order valence-electron chi connectivity index (χ4n) is 1.86. The lowest BCUT2D eigenvalue weighted by molar-refractivity contribution is -0.140. The first-order valence-corrected chi connectivity index (χ1v) is 5.82. The zero-order valence-electron chi connectivity index (χ0n) is 9.28. The van der Waals surface area contributed by atoms with Gasteiger partial charge in [-0.2, -0.15) is 0 Å². The highest BCUT2D eigenvalue weighted by molar-refractivity contribution is 5.73. The molecule has 0 aromatic rings. The molecule has 0 heterocycles. The Kier molecular flexibility index (Phi) is 3.26. The molecular formula is C11H20N2O2. The van der Waals surface area contributed by atoms with Gasteiger partial charge in [-0.1, -0.05) is 0 Å². The number of nitrogens with zero attached hydrogens (tertiary/aromatic N) is 1. The molecule has 2 saturated carbocycles. The SMILES string of the molecule is CN(CC1CC1)CC(NC1CC1)C(=O)O. The number of hydrogen-bond acceptors (Lipinski definition) is 3. The molecule has 2 N–H and O–H groups in total. The maximum atomic E-state index is 11.0. The van der Waals surface area contributed by atoms with Crippen LogP contribution in [0.2, 0.25) is 0 Å². The van der Waals surface area contributed by atoms with Gasteiger partial charge in [0.15, 0.2) is 0 Å². The minimum absolute atomic E-state index is 0.388. The molecule has 0 saturated heterocycles. The smallest absolute Gasteiger partial charge is 0.322 e. The van der Waals surface area contributed by atoms with Crippen molar-refractivity contribution in [1.29, 1.82) is 0 Å². The summed E-state index contributed by atoms with van der Waals surface area (Å²) < 4.78 is 0. The molecule has 86 valence electrons. The van der Waals surface area contributed by atoms with E-state index in [-0.39, 0.29) is 6.04 Å². The molecule has 1 unspecified atom stereocenters. The number of rotatable bonds is 7. The second-order valence-corrected chi connectivity index (χ2v) is 5.00. The lowest BCUT2D eigenvalue weighted by Crippen LogP contribution is -2.46. The van der Waals surface area contributed by atoms with Gasteiger partial charge < -0.3 is 15.3 Å². The summed E-state index contributed by atoms with van der Waals surface area (Å²) in [5, 5.41) is 12.2. The van der Waals surface area contributed by atoms with Gasteiger partial charge in [-0.15, -0.1) is 0 Å². The molecular weight excluding hydrogens is 192 g/mol. The van der Waals surface area contributed by atoms with Gasteiger partial charge in [-0.05, 0) is 38.6 Å². The van der Waals surface area contributed by atoms with Crippen molar-refractivity contribution in [2.24, 2.45) is 5.92 Å². The van der Waals surface area contributed by atoms with E-state index in [0.717, 1.165) is 25.3 Å². The van der Waals surface area contributed by atoms with E-state index in [1.165, 1.54) is 12.8 Å². The normalized spacial score (nSPS) is 23.1. The summed E-state index contributed by atoms with van der Waals surface area (Å²) in [6.07, 6.45) is 4.91. The number of hydrogen-bond donors (Lipinski definition) is 2. The van der Waals surface area contributed by atoms with Crippen molar-refractivity contribution in [3.8, 4) is 0 Å². The molecule has 2 rings (SSSR count). The predicted molar refractivity (Wildman–Crippen MR) is 57.8 cm³/mol. The van der Waals surface area contributed by atoms with Gasteiger partial charge in [0.05, 0.1) is 0 Å². The van der Waals surface area contributed by atoms with Gasteiger partial charge in [0.25, 0.3) is 0 Å². The van der Waals surface area contributed by atoms with Crippen LogP contribution in [0.25, 0.3) is 0 Å². The molecule has 4 nitrogen and oxygen atoms in total. The van der Waals surface area contributed by atoms with Crippen LogP contribution in [-0.4, -0.2) is 48.2 Å². The molecule has 2 aliphatic rings. The molecule has 4 heteroatoms. The zero-order chi connectivity index (χ0) is 10.8. The van der Waals surface area contributed by atoms with Crippen LogP contribution >= 0.6 is 0 Å². The summed E-state index contributed by atoms with van der Waals surface area (Å²) in [4.78, 5) is 13.2. The van der Waals surface area contributed by atoms with E-state index < -0.39 is 5.97 Å². The van der Waals surface area contributed by atoms with E-state index in [0.29, 0.717) is 12.6 Å². The van der Waals surface area contributed by atoms with Crippen LogP contribution in [0.1, 0.15) is 25.7 Å². The van der Waals surface area contributed by atoms with Gasteiger partial charge >= 0.3 is 5.97 Å². The molecule has 15 heavy (non-hydrogen) atoms. The van der Waals surface area contributed by atoms with Crippen molar-refractivity contribution in [2.45, 2.75) is 37.8 Å². The predicted octanol–water partition coefficient (Wildman–Crippen LogP) is 0.533. The standard InChI is InChI=1S/C11H20N2O2/c1-13(6-8-2-3-8)7-10(11(14)15)12-9-4-5-9/h8-10,12H,2-7H2,1H3,(H,14,15). The monoisotopic (exact) mass is 212 g/mol. The van der Waals surface area contributed by atoms with Crippen molar-refractivity contribution in [3.63, 3.8) is 0 Å². The summed E-state index contributed by atoms with van der Waals surface area (Å²) >= 11 is 0. The van der Waals surface area contributed by atoms with E-state index in [1.54, 1.807) is 0 Å². The highest BCUT2D eigenvalue weighted by atomic mass is 16.4. The zero-order valence-corrected chi connectivity index (χ0v) is 9.28. The van der Waals surface area contributed by atoms with Gasteiger partial charge in [0.2, 0.25) is 0 Å². The third-order valence-corrected chi connectivity index (χ3v) is 3.07. The Hall–Kier alpha value is -0.610. The molecule has 2 fully saturated rings. The van der Waals surface area contributed by atoms with Gasteiger partial charge in [-0.3, -0.25) is 4.79 Å². The molecule has 0 aromatic carbocycles. The minimum atomic E-state index is -0.718. The van der Waals surface area contributed by atoms with E-state index >= 15 is 0 Å². The molecule has 2 aliphatic carbocycles. The summed E-state index contributed by atoms with van der Waals surface area (Å²) in [7, 11) is 2.02. The quantitative estimate of drug-likeness (QED) is 0.646. The Morgan fingerprint density at radius 2 is 2.13 bits per heavy atom. The second kappa shape index (κ2) is 4.49. The highest BCUT2D eigenvalue weighted by Crippen LogP contribution is 2.29. The molecule has 0 spiro atoms. The Bertz CT molecular complexity index is 237. The fourth-order valence-corrected chi connectivity index (χ4v) is 1.86. The number of carboxylic acid groups (broad SMARTS) is 1. The third-order valence-electron chi connectivity index (χ3n) is 3.07. The second-order valence-electron chi connectivity index (χ2n) is 5.00. The first kappa shape index (κ1) is 10.9. The van der Waals surface area contributed by atoms with Crippen LogP contribution in [0.3, 0.4) is 0 Å². The van der Waals surface area contributed by atoms with Crippen molar-refractivity contribution < 1.29 is 9.90 Å². The van der Waals surface area contributed by atoms with Crippen LogP contribution in [0.5, 0.6) is 0 Å². The summed E-state index contributed by atoms with van der Waals surface area (Å²) in [5.41, 5.74) is 0. The van der Waals surface area contributed by atoms with Crippen LogP contribution in [0, 0.1) is 5.92 Å². The maximum Gasteiger partial charge on any atom is 0.322 e. The molecule has 0 amide bonds. The van der Waals surface area contributed by atoms with Crippen molar-refractivity contribution in [2.75, 3.05) is 20.1 Å². The van der Waals surface area contributed by atoms with Crippen molar-refractivity contribution in [3.05, 3.63) is 0 Å². The number of nitrogens with one attached hydrogen (secondary N) is 1. The van der Waals surface area contributed by atoms with Crippen LogP contribution in [0.15, 0.2) is 0 Å². The van der Waals surface area contributed by atoms with Gasteiger partial charge in [0, 0.05) is 19.1 Å². The van der Waals surface area contributed by atoms with Gasteiger partial charge in [-0.25, -0.2) is 0 Å². The van der Waals surface area contributed by atoms with Gasteiger partial charge in [0.1, 0.15) is 6.04 Å². The number of likely N-dealkylation sites (N-methyl/N-ethyl adjacent to an activating group) is 1. The summed E-state index contributed by atoms with van der Waals surface area (Å²) in [6.45, 7) is 1.68. The van der Waals surface area contributed by atoms with Crippen LogP contribution < -0.4 is 5.32 Å². The Labute approximate surface area is 90.6 Å². The Morgan fingerprint density at radius 3 is 2.60 bits per heavy atom. The van der Waals surface area contributed by atoms with Crippen molar-refractivity contribution in [1.82, 2.24) is 10.2 Å². The average Bonchev–Trinajstić information content (AvgIpc) is 2.96. The third kappa shape index (κ3) is 3.80. The summed E-state index contributed by atoms with van der Waals surface area (Å²) in [5.74, 6) is 0.106. The van der Waals surface area contributed by atoms with E-state index in [2.05, 4.69) is 10.2 Å². The number of carbonyl (C=O) groups is 1. The number of aliphatic carboxylic acids is 1. The lowest BCUT2D eigenvalue weighted by atomic mass is 10.2. The van der Waals surface area contributed by atoms with E-state index in [4.69, 9.17) is 5.11 Å². The van der Waals surface area contributed by atoms with Crippen LogP contribution in [-0.2, 0) is 4.79 Å². The average molecular weight is 212 g/mol. The molecule has 0 bridgehead atoms. The topological polar surface area (TPSA) is 52.6 Å². The summed E-state index contributed by atoms with van der Waals surface area (Å²) in [6, 6.07) is 0.0710. The fraction of sp³-hybridized carbons (Fsp3) is 0.909. The largest absolute Gasteiger partial charge is 0.480 e. The van der Waals surface area contributed by atoms with Crippen molar-refractivity contribution >= 4 is 5.97 Å². The Morgan fingerprint density at radius 1 is 1.47 bits per heavy atom. The first-order chi connectivity index (χ1) is 7.15. The molecule has 1 atom stereocenters. The lowest BCUT2D eigenvalue weighted by Gasteiger charge is -2.22. The molecule has 0 aromatic heterocycles. The first-order valence-electron chi connectivity index (χ1n) is 5.82. The molecule has 0 radical (unpaired) electrons.